The summed E-state index contributed by atoms with van der Waals surface area (Å²) in [4.78, 5) is 13.6. The van der Waals surface area contributed by atoms with Crippen LogP contribution in [-0.2, 0) is 22.1 Å². The highest BCUT2D eigenvalue weighted by atomic mass is 19.4. The fraction of sp³-hybridized carbons (Fsp3) is 0.400. The van der Waals surface area contributed by atoms with Crippen LogP contribution in [-0.4, -0.2) is 18.1 Å². The van der Waals surface area contributed by atoms with Crippen molar-refractivity contribution in [2.75, 3.05) is 7.11 Å². The first kappa shape index (κ1) is 15.3. The number of carbonyl (C=O) groups excluding carboxylic acids is 1. The smallest absolute Gasteiger partial charge is 0.436 e. The second-order valence-corrected chi connectivity index (χ2v) is 3.41. The molecule has 1 aromatic rings. The Morgan fingerprint density at radius 2 is 2.00 bits per heavy atom. The van der Waals surface area contributed by atoms with Gasteiger partial charge in [0.15, 0.2) is 11.5 Å². The molecular formula is C10H7F6NO2. The normalized spacial score (nSPS) is 11.8. The van der Waals surface area contributed by atoms with Crippen LogP contribution in [0.15, 0.2) is 6.20 Å². The van der Waals surface area contributed by atoms with E-state index in [2.05, 4.69) is 9.72 Å². The van der Waals surface area contributed by atoms with Crippen LogP contribution in [0, 0.1) is 5.82 Å². The average molecular weight is 287 g/mol. The summed E-state index contributed by atoms with van der Waals surface area (Å²) in [7, 11) is 0.897. The van der Waals surface area contributed by atoms with Gasteiger partial charge in [-0.05, 0) is 0 Å². The molecule has 1 aromatic heterocycles. The van der Waals surface area contributed by atoms with Crippen LogP contribution < -0.4 is 0 Å². The van der Waals surface area contributed by atoms with E-state index in [0.29, 0.717) is 0 Å². The number of rotatable bonds is 3. The van der Waals surface area contributed by atoms with Crippen LogP contribution in [0.5, 0.6) is 0 Å². The van der Waals surface area contributed by atoms with Crippen molar-refractivity contribution in [2.24, 2.45) is 0 Å². The summed E-state index contributed by atoms with van der Waals surface area (Å²) in [6.45, 7) is 0. The number of ether oxygens (including phenoxy) is 1. The number of esters is 1. The summed E-state index contributed by atoms with van der Waals surface area (Å²) < 4.78 is 79.9. The third-order valence-corrected chi connectivity index (χ3v) is 2.21. The van der Waals surface area contributed by atoms with Gasteiger partial charge in [-0.15, -0.1) is 0 Å². The van der Waals surface area contributed by atoms with E-state index in [-0.39, 0.29) is 6.20 Å². The predicted octanol–water partition coefficient (Wildman–Crippen LogP) is 2.89. The van der Waals surface area contributed by atoms with Crippen molar-refractivity contribution in [3.05, 3.63) is 28.8 Å². The maximum atomic E-state index is 13.6. The van der Waals surface area contributed by atoms with E-state index in [1.54, 1.807) is 0 Å². The third kappa shape index (κ3) is 3.36. The van der Waals surface area contributed by atoms with Crippen molar-refractivity contribution in [3.63, 3.8) is 0 Å². The van der Waals surface area contributed by atoms with Crippen LogP contribution in [0.2, 0.25) is 0 Å². The predicted molar refractivity (Wildman–Crippen MR) is 49.9 cm³/mol. The summed E-state index contributed by atoms with van der Waals surface area (Å²) in [5.41, 5.74) is -4.09. The lowest BCUT2D eigenvalue weighted by Gasteiger charge is -2.13. The van der Waals surface area contributed by atoms with Crippen molar-refractivity contribution in [1.82, 2.24) is 4.98 Å². The van der Waals surface area contributed by atoms with E-state index in [4.69, 9.17) is 0 Å². The lowest BCUT2D eigenvalue weighted by molar-refractivity contribution is -0.144. The first-order valence-corrected chi connectivity index (χ1v) is 4.78. The van der Waals surface area contributed by atoms with Gasteiger partial charge in [-0.1, -0.05) is 0 Å². The molecule has 1 heterocycles. The number of aromatic nitrogens is 1. The van der Waals surface area contributed by atoms with E-state index in [9.17, 15) is 31.1 Å². The van der Waals surface area contributed by atoms with Gasteiger partial charge in [0.1, 0.15) is 0 Å². The maximum absolute atomic E-state index is 13.6. The van der Waals surface area contributed by atoms with E-state index in [0.717, 1.165) is 7.11 Å². The second-order valence-electron chi connectivity index (χ2n) is 3.41. The molecule has 106 valence electrons. The van der Waals surface area contributed by atoms with Gasteiger partial charge in [0.2, 0.25) is 0 Å². The Bertz CT molecular complexity index is 486. The molecule has 0 aliphatic rings. The fourth-order valence-corrected chi connectivity index (χ4v) is 1.32. The van der Waals surface area contributed by atoms with E-state index >= 15 is 0 Å². The lowest BCUT2D eigenvalue weighted by atomic mass is 10.0. The highest BCUT2D eigenvalue weighted by molar-refractivity contribution is 5.73. The van der Waals surface area contributed by atoms with Gasteiger partial charge in [0, 0.05) is 17.3 Å². The minimum absolute atomic E-state index is 0.203. The van der Waals surface area contributed by atoms with Gasteiger partial charge >= 0.3 is 12.1 Å². The lowest BCUT2D eigenvalue weighted by Crippen LogP contribution is -2.17. The molecule has 19 heavy (non-hydrogen) atoms. The Morgan fingerprint density at radius 3 is 2.42 bits per heavy atom. The summed E-state index contributed by atoms with van der Waals surface area (Å²) in [6, 6.07) is 0. The average Bonchev–Trinajstić information content (AvgIpc) is 2.29. The second kappa shape index (κ2) is 5.45. The van der Waals surface area contributed by atoms with Crippen molar-refractivity contribution in [1.29, 1.82) is 0 Å². The number of methoxy groups -OCH3 is 1. The Hall–Kier alpha value is -1.80. The molecule has 0 spiro atoms. The van der Waals surface area contributed by atoms with Crippen molar-refractivity contribution in [3.8, 4) is 0 Å². The molecule has 0 radical (unpaired) electrons. The largest absolute Gasteiger partial charge is 0.469 e. The van der Waals surface area contributed by atoms with Crippen molar-refractivity contribution in [2.45, 2.75) is 19.0 Å². The topological polar surface area (TPSA) is 39.2 Å². The summed E-state index contributed by atoms with van der Waals surface area (Å²) in [5, 5.41) is 0. The van der Waals surface area contributed by atoms with E-state index in [1.807, 2.05) is 0 Å². The molecule has 0 aliphatic heterocycles. The molecular weight excluding hydrogens is 280 g/mol. The Labute approximate surface area is 103 Å². The zero-order valence-electron chi connectivity index (χ0n) is 9.39. The van der Waals surface area contributed by atoms with Crippen molar-refractivity contribution < 1.29 is 35.9 Å². The highest BCUT2D eigenvalue weighted by Gasteiger charge is 2.38. The van der Waals surface area contributed by atoms with Gasteiger partial charge in [-0.3, -0.25) is 4.79 Å². The number of halogens is 6. The number of pyridine rings is 1. The van der Waals surface area contributed by atoms with E-state index < -0.39 is 47.6 Å². The number of hydrogen-bond acceptors (Lipinski definition) is 3. The molecule has 3 nitrogen and oxygen atoms in total. The SMILES string of the molecule is COC(=O)Cc1c(C(F)F)cnc(C(F)(F)F)c1F. The Balaban J connectivity index is 3.40. The van der Waals surface area contributed by atoms with Crippen LogP contribution in [0.1, 0.15) is 23.2 Å². The highest BCUT2D eigenvalue weighted by Crippen LogP contribution is 2.34. The molecule has 0 saturated heterocycles. The summed E-state index contributed by atoms with van der Waals surface area (Å²) in [6.07, 6.45) is -9.23. The van der Waals surface area contributed by atoms with Crippen LogP contribution in [0.25, 0.3) is 0 Å². The number of nitrogens with zero attached hydrogens (tertiary/aromatic N) is 1. The Morgan fingerprint density at radius 1 is 1.42 bits per heavy atom. The molecule has 0 bridgehead atoms. The van der Waals surface area contributed by atoms with Gasteiger partial charge < -0.3 is 4.74 Å². The fourth-order valence-electron chi connectivity index (χ4n) is 1.32. The molecule has 0 fully saturated rings. The number of carbonyl (C=O) groups is 1. The zero-order chi connectivity index (χ0) is 14.8. The van der Waals surface area contributed by atoms with Gasteiger partial charge in [0.25, 0.3) is 6.43 Å². The summed E-state index contributed by atoms with van der Waals surface area (Å²) >= 11 is 0. The van der Waals surface area contributed by atoms with Crippen LogP contribution in [0.4, 0.5) is 26.3 Å². The standard InChI is InChI=1S/C10H7F6NO2/c1-19-6(18)2-4-5(9(12)13)3-17-8(7(4)11)10(14,15)16/h3,9H,2H2,1H3. The van der Waals surface area contributed by atoms with Crippen molar-refractivity contribution >= 4 is 5.97 Å². The molecule has 1 rings (SSSR count). The number of alkyl halides is 5. The van der Waals surface area contributed by atoms with Gasteiger partial charge in [-0.25, -0.2) is 18.2 Å². The quantitative estimate of drug-likeness (QED) is 0.634. The van der Waals surface area contributed by atoms with Gasteiger partial charge in [-0.2, -0.15) is 13.2 Å². The Kier molecular flexibility index (Phi) is 4.38. The monoisotopic (exact) mass is 287 g/mol. The molecule has 0 unspecified atom stereocenters. The zero-order valence-corrected chi connectivity index (χ0v) is 9.39. The first-order valence-electron chi connectivity index (χ1n) is 4.78. The molecule has 0 amide bonds. The molecule has 0 aliphatic carbocycles. The minimum atomic E-state index is -5.14. The third-order valence-electron chi connectivity index (χ3n) is 2.21. The molecule has 0 N–H and O–H groups in total. The molecule has 0 saturated carbocycles. The van der Waals surface area contributed by atoms with Gasteiger partial charge in [0.05, 0.1) is 13.5 Å². The summed E-state index contributed by atoms with van der Waals surface area (Å²) in [5.74, 6) is -3.13. The molecule has 9 heteroatoms. The maximum Gasteiger partial charge on any atom is 0.436 e. The first-order chi connectivity index (χ1) is 8.68. The minimum Gasteiger partial charge on any atom is -0.469 e. The van der Waals surface area contributed by atoms with E-state index in [1.165, 1.54) is 0 Å². The molecule has 0 atom stereocenters. The molecule has 0 aromatic carbocycles. The van der Waals surface area contributed by atoms with Crippen LogP contribution in [0.3, 0.4) is 0 Å². The number of hydrogen-bond donors (Lipinski definition) is 0. The van der Waals surface area contributed by atoms with Crippen LogP contribution >= 0.6 is 0 Å².